The topological polar surface area (TPSA) is 63.8 Å². The summed E-state index contributed by atoms with van der Waals surface area (Å²) in [5.74, 6) is 1.39. The zero-order valence-electron chi connectivity index (χ0n) is 15.9. The number of aryl methyl sites for hydroxylation is 1. The van der Waals surface area contributed by atoms with Crippen molar-refractivity contribution in [2.75, 3.05) is 6.61 Å². The molecule has 0 saturated heterocycles. The summed E-state index contributed by atoms with van der Waals surface area (Å²) in [7, 11) is 0. The predicted octanol–water partition coefficient (Wildman–Crippen LogP) is 4.34. The van der Waals surface area contributed by atoms with Crippen LogP contribution >= 0.6 is 0 Å². The highest BCUT2D eigenvalue weighted by atomic mass is 16.5. The van der Waals surface area contributed by atoms with Gasteiger partial charge in [0.1, 0.15) is 5.69 Å². The number of aliphatic hydroxyl groups is 1. The molecule has 2 aromatic heterocycles. The molecular formula is C21H30N2O3. The summed E-state index contributed by atoms with van der Waals surface area (Å²) >= 11 is 0. The van der Waals surface area contributed by atoms with Gasteiger partial charge in [-0.15, -0.1) is 0 Å². The van der Waals surface area contributed by atoms with Crippen molar-refractivity contribution >= 4 is 11.4 Å². The molecule has 0 spiro atoms. The van der Waals surface area contributed by atoms with E-state index in [1.165, 1.54) is 32.1 Å². The lowest BCUT2D eigenvalue weighted by Crippen LogP contribution is -2.15. The lowest BCUT2D eigenvalue weighted by molar-refractivity contribution is 0.0931. The van der Waals surface area contributed by atoms with Crippen LogP contribution in [0.3, 0.4) is 0 Å². The van der Waals surface area contributed by atoms with Gasteiger partial charge in [-0.25, -0.2) is 4.98 Å². The van der Waals surface area contributed by atoms with E-state index >= 15 is 0 Å². The van der Waals surface area contributed by atoms with Gasteiger partial charge in [-0.3, -0.25) is 9.20 Å². The van der Waals surface area contributed by atoms with Gasteiger partial charge in [0, 0.05) is 12.6 Å². The molecule has 1 aliphatic rings. The second-order valence-electron chi connectivity index (χ2n) is 7.45. The Hall–Kier alpha value is -1.88. The summed E-state index contributed by atoms with van der Waals surface area (Å²) in [6, 6.07) is 3.84. The fourth-order valence-electron chi connectivity index (χ4n) is 3.79. The number of carbonyl (C=O) groups is 1. The smallest absolute Gasteiger partial charge is 0.181 e. The van der Waals surface area contributed by atoms with Gasteiger partial charge in [-0.2, -0.15) is 0 Å². The van der Waals surface area contributed by atoms with E-state index in [1.807, 2.05) is 36.6 Å². The molecule has 1 N–H and O–H groups in total. The first-order valence-corrected chi connectivity index (χ1v) is 9.91. The van der Waals surface area contributed by atoms with E-state index in [1.54, 1.807) is 0 Å². The van der Waals surface area contributed by atoms with Crippen LogP contribution in [0.25, 0.3) is 5.65 Å². The molecule has 5 heteroatoms. The van der Waals surface area contributed by atoms with Gasteiger partial charge < -0.3 is 9.84 Å². The number of aromatic nitrogens is 2. The number of imidazole rings is 1. The summed E-state index contributed by atoms with van der Waals surface area (Å²) < 4.78 is 7.93. The second-order valence-corrected chi connectivity index (χ2v) is 7.45. The summed E-state index contributed by atoms with van der Waals surface area (Å²) in [6.07, 6.45) is 9.32. The van der Waals surface area contributed by atoms with Gasteiger partial charge in [-0.05, 0) is 50.7 Å². The number of ketones is 1. The number of aliphatic hydroxyl groups excluding tert-OH is 1. The van der Waals surface area contributed by atoms with E-state index in [2.05, 4.69) is 4.98 Å². The third-order valence-corrected chi connectivity index (χ3v) is 5.43. The third kappa shape index (κ3) is 4.26. The fourth-order valence-corrected chi connectivity index (χ4v) is 3.79. The minimum absolute atomic E-state index is 0.0203. The molecule has 3 rings (SSSR count). The van der Waals surface area contributed by atoms with Crippen LogP contribution in [0, 0.1) is 12.8 Å². The van der Waals surface area contributed by atoms with Crippen LogP contribution in [0.1, 0.15) is 74.5 Å². The standard InChI is InChI=1S/C21H30N2O3/c1-3-17(24)11-12-18(25)20-15(2)22-21-19(10-7-13-23(20)21)26-14-16-8-5-4-6-9-16/h7,10,13,16-17,24H,3-6,8-9,11-12,14H2,1-2H3/t17-/m1/s1. The SMILES string of the molecule is CC[C@@H](O)CCC(=O)c1c(C)nc2c(OCC3CCCCC3)cccn12. The van der Waals surface area contributed by atoms with E-state index in [0.29, 0.717) is 36.5 Å². The van der Waals surface area contributed by atoms with E-state index < -0.39 is 6.10 Å². The summed E-state index contributed by atoms with van der Waals surface area (Å²) in [5.41, 5.74) is 2.03. The van der Waals surface area contributed by atoms with E-state index in [4.69, 9.17) is 4.74 Å². The number of rotatable bonds is 8. The minimum atomic E-state index is -0.423. The van der Waals surface area contributed by atoms with Gasteiger partial charge in [0.05, 0.1) is 18.4 Å². The quantitative estimate of drug-likeness (QED) is 0.713. The summed E-state index contributed by atoms with van der Waals surface area (Å²) in [6.45, 7) is 4.50. The molecule has 0 aliphatic heterocycles. The van der Waals surface area contributed by atoms with Crippen molar-refractivity contribution in [1.82, 2.24) is 9.38 Å². The molecule has 0 unspecified atom stereocenters. The number of hydrogen-bond donors (Lipinski definition) is 1. The summed E-state index contributed by atoms with van der Waals surface area (Å²) in [4.78, 5) is 17.3. The van der Waals surface area contributed by atoms with Crippen LogP contribution in [0.5, 0.6) is 5.75 Å². The molecule has 1 atom stereocenters. The fraction of sp³-hybridized carbons (Fsp3) is 0.619. The van der Waals surface area contributed by atoms with E-state index in [-0.39, 0.29) is 5.78 Å². The van der Waals surface area contributed by atoms with Crippen LogP contribution in [0.2, 0.25) is 0 Å². The molecule has 26 heavy (non-hydrogen) atoms. The van der Waals surface area contributed by atoms with Gasteiger partial charge in [0.2, 0.25) is 0 Å². The average Bonchev–Trinajstić information content (AvgIpc) is 3.01. The summed E-state index contributed by atoms with van der Waals surface area (Å²) in [5, 5.41) is 9.73. The Morgan fingerprint density at radius 3 is 2.88 bits per heavy atom. The number of nitrogens with zero attached hydrogens (tertiary/aromatic N) is 2. The number of ether oxygens (including phenoxy) is 1. The Morgan fingerprint density at radius 1 is 1.38 bits per heavy atom. The predicted molar refractivity (Wildman–Crippen MR) is 102 cm³/mol. The molecule has 0 aromatic carbocycles. The Balaban J connectivity index is 1.76. The van der Waals surface area contributed by atoms with Crippen molar-refractivity contribution in [1.29, 1.82) is 0 Å². The number of carbonyl (C=O) groups excluding carboxylic acids is 1. The van der Waals surface area contributed by atoms with Crippen LogP contribution < -0.4 is 4.74 Å². The molecule has 0 amide bonds. The molecule has 1 aliphatic carbocycles. The molecule has 0 radical (unpaired) electrons. The van der Waals surface area contributed by atoms with Crippen molar-refractivity contribution in [3.63, 3.8) is 0 Å². The monoisotopic (exact) mass is 358 g/mol. The molecular weight excluding hydrogens is 328 g/mol. The maximum Gasteiger partial charge on any atom is 0.181 e. The molecule has 0 bridgehead atoms. The van der Waals surface area contributed by atoms with Crippen LogP contribution in [-0.4, -0.2) is 33.0 Å². The molecule has 2 aromatic rings. The highest BCUT2D eigenvalue weighted by Gasteiger charge is 2.20. The largest absolute Gasteiger partial charge is 0.489 e. The van der Waals surface area contributed by atoms with Crippen LogP contribution in [-0.2, 0) is 0 Å². The number of Topliss-reactive ketones (excluding diaryl/α,β-unsaturated/α-hetero) is 1. The number of fused-ring (bicyclic) bond motifs is 1. The van der Waals surface area contributed by atoms with E-state index in [0.717, 1.165) is 18.1 Å². The zero-order chi connectivity index (χ0) is 18.5. The molecule has 1 saturated carbocycles. The van der Waals surface area contributed by atoms with Crippen LogP contribution in [0.15, 0.2) is 18.3 Å². The molecule has 142 valence electrons. The number of pyridine rings is 1. The first kappa shape index (κ1) is 18.9. The Bertz CT molecular complexity index is 747. The van der Waals surface area contributed by atoms with Gasteiger partial charge in [0.25, 0.3) is 0 Å². The van der Waals surface area contributed by atoms with E-state index in [9.17, 15) is 9.90 Å². The lowest BCUT2D eigenvalue weighted by Gasteiger charge is -2.21. The molecule has 1 fully saturated rings. The third-order valence-electron chi connectivity index (χ3n) is 5.43. The molecule has 5 nitrogen and oxygen atoms in total. The van der Waals surface area contributed by atoms with Crippen molar-refractivity contribution in [3.05, 3.63) is 29.7 Å². The van der Waals surface area contributed by atoms with Gasteiger partial charge in [-0.1, -0.05) is 26.2 Å². The van der Waals surface area contributed by atoms with Crippen molar-refractivity contribution in [2.45, 2.75) is 71.3 Å². The Morgan fingerprint density at radius 2 is 2.15 bits per heavy atom. The highest BCUT2D eigenvalue weighted by Crippen LogP contribution is 2.27. The highest BCUT2D eigenvalue weighted by molar-refractivity contribution is 5.96. The maximum atomic E-state index is 12.7. The Labute approximate surface area is 155 Å². The van der Waals surface area contributed by atoms with Crippen molar-refractivity contribution in [2.24, 2.45) is 5.92 Å². The zero-order valence-corrected chi connectivity index (χ0v) is 15.9. The van der Waals surface area contributed by atoms with Crippen molar-refractivity contribution in [3.8, 4) is 5.75 Å². The number of hydrogen-bond acceptors (Lipinski definition) is 4. The minimum Gasteiger partial charge on any atom is -0.489 e. The first-order valence-electron chi connectivity index (χ1n) is 9.91. The lowest BCUT2D eigenvalue weighted by atomic mass is 9.90. The van der Waals surface area contributed by atoms with Gasteiger partial charge >= 0.3 is 0 Å². The normalized spacial score (nSPS) is 16.7. The second kappa shape index (κ2) is 8.67. The Kier molecular flexibility index (Phi) is 6.30. The first-order chi connectivity index (χ1) is 12.6. The maximum absolute atomic E-state index is 12.7. The average molecular weight is 358 g/mol. The molecule has 2 heterocycles. The van der Waals surface area contributed by atoms with Gasteiger partial charge in [0.15, 0.2) is 17.2 Å². The van der Waals surface area contributed by atoms with Crippen molar-refractivity contribution < 1.29 is 14.6 Å². The van der Waals surface area contributed by atoms with Crippen LogP contribution in [0.4, 0.5) is 0 Å².